The van der Waals surface area contributed by atoms with Crippen molar-refractivity contribution in [2.75, 3.05) is 0 Å². The van der Waals surface area contributed by atoms with E-state index in [1.807, 2.05) is 6.07 Å². The number of benzene rings is 1. The number of Topliss-reactive ketones (excluding diaryl/α,β-unsaturated/α-hetero) is 1. The van der Waals surface area contributed by atoms with Crippen LogP contribution >= 0.6 is 22.6 Å². The van der Waals surface area contributed by atoms with E-state index in [0.717, 1.165) is 9.13 Å². The van der Waals surface area contributed by atoms with E-state index in [1.165, 1.54) is 6.07 Å². The van der Waals surface area contributed by atoms with Crippen molar-refractivity contribution >= 4 is 28.4 Å². The van der Waals surface area contributed by atoms with Gasteiger partial charge in [0, 0.05) is 9.99 Å². The van der Waals surface area contributed by atoms with Crippen LogP contribution in [0.3, 0.4) is 0 Å². The first kappa shape index (κ1) is 8.16. The van der Waals surface area contributed by atoms with Crippen molar-refractivity contribution < 1.29 is 9.18 Å². The number of aryl methyl sites for hydroxylation is 1. The van der Waals surface area contributed by atoms with Gasteiger partial charge in [-0.15, -0.1) is 0 Å². The fourth-order valence-corrected chi connectivity index (χ4v) is 2.16. The molecule has 62 valence electrons. The minimum atomic E-state index is -0.362. The van der Waals surface area contributed by atoms with Gasteiger partial charge in [0.05, 0.1) is 5.56 Å². The molecule has 2 rings (SSSR count). The maximum atomic E-state index is 13.2. The largest absolute Gasteiger partial charge is 0.294 e. The lowest BCUT2D eigenvalue weighted by Crippen LogP contribution is -1.96. The van der Waals surface area contributed by atoms with Crippen LogP contribution in [0.4, 0.5) is 4.39 Å². The Labute approximate surface area is 83.1 Å². The van der Waals surface area contributed by atoms with Crippen LogP contribution in [0.5, 0.6) is 0 Å². The highest BCUT2D eigenvalue weighted by Crippen LogP contribution is 2.26. The van der Waals surface area contributed by atoms with Crippen LogP contribution in [0.15, 0.2) is 12.1 Å². The highest BCUT2D eigenvalue weighted by atomic mass is 127. The second kappa shape index (κ2) is 2.80. The Morgan fingerprint density at radius 3 is 2.83 bits per heavy atom. The van der Waals surface area contributed by atoms with Gasteiger partial charge >= 0.3 is 0 Å². The number of fused-ring (bicyclic) bond motifs is 1. The summed E-state index contributed by atoms with van der Waals surface area (Å²) in [5.74, 6) is -0.418. The van der Waals surface area contributed by atoms with Crippen molar-refractivity contribution in [1.82, 2.24) is 0 Å². The van der Waals surface area contributed by atoms with Gasteiger partial charge in [-0.3, -0.25) is 4.79 Å². The molecule has 0 bridgehead atoms. The van der Waals surface area contributed by atoms with Gasteiger partial charge in [-0.2, -0.15) is 0 Å². The summed E-state index contributed by atoms with van der Waals surface area (Å²) in [6.45, 7) is 0. The highest BCUT2D eigenvalue weighted by molar-refractivity contribution is 14.1. The summed E-state index contributed by atoms with van der Waals surface area (Å²) >= 11 is 2.05. The number of halogens is 2. The fraction of sp³-hybridized carbons (Fsp3) is 0.222. The Bertz CT molecular complexity index is 360. The average Bonchev–Trinajstić information content (AvgIpc) is 2.31. The predicted molar refractivity (Wildman–Crippen MR) is 51.8 cm³/mol. The number of hydrogen-bond acceptors (Lipinski definition) is 1. The third kappa shape index (κ3) is 1.16. The van der Waals surface area contributed by atoms with Gasteiger partial charge in [-0.05, 0) is 46.7 Å². The highest BCUT2D eigenvalue weighted by Gasteiger charge is 2.23. The van der Waals surface area contributed by atoms with E-state index in [1.54, 1.807) is 0 Å². The number of carbonyl (C=O) groups is 1. The summed E-state index contributed by atoms with van der Waals surface area (Å²) in [5, 5.41) is 0. The first-order valence-corrected chi connectivity index (χ1v) is 4.77. The number of hydrogen-bond donors (Lipinski definition) is 0. The van der Waals surface area contributed by atoms with Crippen LogP contribution in [0.25, 0.3) is 0 Å². The third-order valence-electron chi connectivity index (χ3n) is 2.04. The molecule has 1 nitrogen and oxygen atoms in total. The molecule has 1 aromatic rings. The van der Waals surface area contributed by atoms with Crippen molar-refractivity contribution in [1.29, 1.82) is 0 Å². The molecule has 1 aliphatic rings. The molecule has 0 radical (unpaired) electrons. The molecular formula is C9H6FIO. The zero-order chi connectivity index (χ0) is 8.72. The van der Waals surface area contributed by atoms with E-state index < -0.39 is 0 Å². The Morgan fingerprint density at radius 2 is 2.08 bits per heavy atom. The average molecular weight is 276 g/mol. The van der Waals surface area contributed by atoms with Crippen LogP contribution < -0.4 is 0 Å². The number of ketones is 1. The topological polar surface area (TPSA) is 17.1 Å². The fourth-order valence-electron chi connectivity index (χ4n) is 1.51. The monoisotopic (exact) mass is 276 g/mol. The van der Waals surface area contributed by atoms with Crippen LogP contribution in [-0.2, 0) is 6.42 Å². The van der Waals surface area contributed by atoms with E-state index in [4.69, 9.17) is 0 Å². The van der Waals surface area contributed by atoms with E-state index in [0.29, 0.717) is 18.4 Å². The molecule has 0 aliphatic heterocycles. The quantitative estimate of drug-likeness (QED) is 0.665. The first-order valence-electron chi connectivity index (χ1n) is 3.69. The molecule has 0 unspecified atom stereocenters. The van der Waals surface area contributed by atoms with E-state index in [-0.39, 0.29) is 11.6 Å². The lowest BCUT2D eigenvalue weighted by atomic mass is 10.1. The summed E-state index contributed by atoms with van der Waals surface area (Å²) in [4.78, 5) is 11.2. The summed E-state index contributed by atoms with van der Waals surface area (Å²) in [6, 6.07) is 3.28. The van der Waals surface area contributed by atoms with E-state index in [9.17, 15) is 9.18 Å². The van der Waals surface area contributed by atoms with Crippen LogP contribution in [0, 0.1) is 9.39 Å². The molecule has 0 atom stereocenters. The standard InChI is InChI=1S/C9H6FIO/c10-7-4-6(11)3-5-1-2-8(12)9(5)7/h3-4H,1-2H2. The van der Waals surface area contributed by atoms with Crippen molar-refractivity contribution in [3.05, 3.63) is 32.6 Å². The SMILES string of the molecule is O=C1CCc2cc(I)cc(F)c21. The molecule has 0 heterocycles. The third-order valence-corrected chi connectivity index (χ3v) is 2.66. The summed E-state index contributed by atoms with van der Waals surface area (Å²) < 4.78 is 14.0. The molecular weight excluding hydrogens is 270 g/mol. The van der Waals surface area contributed by atoms with Crippen LogP contribution in [0.2, 0.25) is 0 Å². The van der Waals surface area contributed by atoms with Crippen molar-refractivity contribution in [3.8, 4) is 0 Å². The number of carbonyl (C=O) groups excluding carboxylic acids is 1. The zero-order valence-electron chi connectivity index (χ0n) is 6.23. The maximum Gasteiger partial charge on any atom is 0.166 e. The van der Waals surface area contributed by atoms with Gasteiger partial charge in [0.1, 0.15) is 5.82 Å². The van der Waals surface area contributed by atoms with Crippen molar-refractivity contribution in [3.63, 3.8) is 0 Å². The van der Waals surface area contributed by atoms with Gasteiger partial charge in [-0.1, -0.05) is 0 Å². The Balaban J connectivity index is 2.68. The van der Waals surface area contributed by atoms with Gasteiger partial charge < -0.3 is 0 Å². The lowest BCUT2D eigenvalue weighted by Gasteiger charge is -1.99. The van der Waals surface area contributed by atoms with Gasteiger partial charge in [-0.25, -0.2) is 4.39 Å². The van der Waals surface area contributed by atoms with Crippen LogP contribution in [0.1, 0.15) is 22.3 Å². The smallest absolute Gasteiger partial charge is 0.166 e. The minimum Gasteiger partial charge on any atom is -0.294 e. The maximum absolute atomic E-state index is 13.2. The second-order valence-corrected chi connectivity index (χ2v) is 4.09. The molecule has 0 N–H and O–H groups in total. The van der Waals surface area contributed by atoms with E-state index in [2.05, 4.69) is 22.6 Å². The van der Waals surface area contributed by atoms with Crippen molar-refractivity contribution in [2.45, 2.75) is 12.8 Å². The Morgan fingerprint density at radius 1 is 1.33 bits per heavy atom. The van der Waals surface area contributed by atoms with E-state index >= 15 is 0 Å². The molecule has 0 saturated heterocycles. The Hall–Kier alpha value is -0.450. The summed E-state index contributed by atoms with van der Waals surface area (Å²) in [5.41, 5.74) is 1.18. The summed E-state index contributed by atoms with van der Waals surface area (Å²) in [6.07, 6.45) is 1.16. The molecule has 3 heteroatoms. The molecule has 1 aromatic carbocycles. The van der Waals surface area contributed by atoms with Crippen LogP contribution in [-0.4, -0.2) is 5.78 Å². The molecule has 0 fully saturated rings. The first-order chi connectivity index (χ1) is 5.68. The molecule has 0 aromatic heterocycles. The minimum absolute atomic E-state index is 0.0566. The second-order valence-electron chi connectivity index (χ2n) is 2.84. The van der Waals surface area contributed by atoms with Crippen molar-refractivity contribution in [2.24, 2.45) is 0 Å². The lowest BCUT2D eigenvalue weighted by molar-refractivity contribution is 0.0991. The molecule has 0 spiro atoms. The van der Waals surface area contributed by atoms with Gasteiger partial charge in [0.25, 0.3) is 0 Å². The van der Waals surface area contributed by atoms with Gasteiger partial charge in [0.2, 0.25) is 0 Å². The molecule has 1 aliphatic carbocycles. The summed E-state index contributed by atoms with van der Waals surface area (Å²) in [7, 11) is 0. The Kier molecular flexibility index (Phi) is 1.90. The van der Waals surface area contributed by atoms with Gasteiger partial charge in [0.15, 0.2) is 5.78 Å². The molecule has 0 saturated carbocycles. The number of rotatable bonds is 0. The zero-order valence-corrected chi connectivity index (χ0v) is 8.39. The molecule has 12 heavy (non-hydrogen) atoms. The normalized spacial score (nSPS) is 15.0. The predicted octanol–water partition coefficient (Wildman–Crippen LogP) is 2.56. The molecule has 0 amide bonds.